The van der Waals surface area contributed by atoms with Crippen LogP contribution < -0.4 is 10.5 Å². The van der Waals surface area contributed by atoms with Gasteiger partial charge >= 0.3 is 0 Å². The van der Waals surface area contributed by atoms with Crippen LogP contribution in [-0.4, -0.2) is 20.9 Å². The SMILES string of the molecule is NC(=O)CNS(=O)(=O)c1ccc(Br)cc1Br. The molecule has 0 aliphatic rings. The smallest absolute Gasteiger partial charge is 0.242 e. The Hall–Kier alpha value is -0.440. The van der Waals surface area contributed by atoms with Gasteiger partial charge in [-0.05, 0) is 34.1 Å². The molecule has 3 N–H and O–H groups in total. The molecule has 1 aromatic carbocycles. The summed E-state index contributed by atoms with van der Waals surface area (Å²) < 4.78 is 26.6. The molecule has 0 bridgehead atoms. The molecule has 16 heavy (non-hydrogen) atoms. The molecule has 0 aliphatic carbocycles. The zero-order chi connectivity index (χ0) is 12.3. The Morgan fingerprint density at radius 3 is 2.50 bits per heavy atom. The van der Waals surface area contributed by atoms with Crippen LogP contribution >= 0.6 is 31.9 Å². The zero-order valence-corrected chi connectivity index (χ0v) is 11.9. The van der Waals surface area contributed by atoms with E-state index < -0.39 is 22.5 Å². The number of hydrogen-bond donors (Lipinski definition) is 2. The summed E-state index contributed by atoms with van der Waals surface area (Å²) in [6.07, 6.45) is 0. The molecule has 0 aromatic heterocycles. The van der Waals surface area contributed by atoms with E-state index in [0.717, 1.165) is 4.47 Å². The number of sulfonamides is 1. The molecular weight excluding hydrogens is 364 g/mol. The molecule has 8 heteroatoms. The lowest BCUT2D eigenvalue weighted by Crippen LogP contribution is -2.33. The number of carbonyl (C=O) groups is 1. The predicted octanol–water partition coefficient (Wildman–Crippen LogP) is 0.975. The van der Waals surface area contributed by atoms with E-state index in [2.05, 4.69) is 36.6 Å². The lowest BCUT2D eigenvalue weighted by Gasteiger charge is -2.07. The Morgan fingerprint density at radius 2 is 2.00 bits per heavy atom. The Labute approximate surface area is 110 Å². The van der Waals surface area contributed by atoms with Gasteiger partial charge in [-0.3, -0.25) is 4.79 Å². The molecule has 0 saturated heterocycles. The third-order valence-corrected chi connectivity index (χ3v) is 4.49. The van der Waals surface area contributed by atoms with Crippen LogP contribution in [0.3, 0.4) is 0 Å². The first-order chi connectivity index (χ1) is 7.33. The summed E-state index contributed by atoms with van der Waals surface area (Å²) in [6.45, 7) is -0.426. The fraction of sp³-hybridized carbons (Fsp3) is 0.125. The fourth-order valence-corrected chi connectivity index (χ4v) is 3.67. The molecule has 0 saturated carbocycles. The lowest BCUT2D eigenvalue weighted by atomic mass is 10.4. The van der Waals surface area contributed by atoms with Gasteiger partial charge < -0.3 is 5.73 Å². The zero-order valence-electron chi connectivity index (χ0n) is 7.91. The van der Waals surface area contributed by atoms with Crippen LogP contribution in [0.4, 0.5) is 0 Å². The first kappa shape index (κ1) is 13.6. The summed E-state index contributed by atoms with van der Waals surface area (Å²) in [6, 6.07) is 4.60. The van der Waals surface area contributed by atoms with Crippen LogP contribution in [0.25, 0.3) is 0 Å². The van der Waals surface area contributed by atoms with Crippen molar-refractivity contribution in [1.82, 2.24) is 4.72 Å². The van der Waals surface area contributed by atoms with Gasteiger partial charge in [-0.2, -0.15) is 0 Å². The largest absolute Gasteiger partial charge is 0.369 e. The van der Waals surface area contributed by atoms with Gasteiger partial charge in [-0.1, -0.05) is 15.9 Å². The second-order valence-electron chi connectivity index (χ2n) is 2.87. The van der Waals surface area contributed by atoms with Gasteiger partial charge in [-0.25, -0.2) is 13.1 Å². The van der Waals surface area contributed by atoms with Crippen molar-refractivity contribution in [3.8, 4) is 0 Å². The van der Waals surface area contributed by atoms with Crippen LogP contribution in [0.15, 0.2) is 32.0 Å². The maximum Gasteiger partial charge on any atom is 0.242 e. The van der Waals surface area contributed by atoms with E-state index in [1.54, 1.807) is 12.1 Å². The van der Waals surface area contributed by atoms with Crippen molar-refractivity contribution >= 4 is 47.8 Å². The minimum absolute atomic E-state index is 0.0527. The van der Waals surface area contributed by atoms with Gasteiger partial charge in [0.1, 0.15) is 0 Å². The third-order valence-electron chi connectivity index (χ3n) is 1.62. The Kier molecular flexibility index (Phi) is 4.48. The summed E-state index contributed by atoms with van der Waals surface area (Å²) in [5.41, 5.74) is 4.85. The van der Waals surface area contributed by atoms with Gasteiger partial charge in [0.25, 0.3) is 0 Å². The van der Waals surface area contributed by atoms with Crippen LogP contribution in [0, 0.1) is 0 Å². The van der Waals surface area contributed by atoms with Crippen molar-refractivity contribution in [1.29, 1.82) is 0 Å². The summed E-state index contributed by atoms with van der Waals surface area (Å²) >= 11 is 6.33. The first-order valence-corrected chi connectivity index (χ1v) is 7.13. The number of nitrogens with one attached hydrogen (secondary N) is 1. The second-order valence-corrected chi connectivity index (χ2v) is 6.37. The summed E-state index contributed by atoms with van der Waals surface area (Å²) in [5.74, 6) is -0.739. The minimum atomic E-state index is -3.72. The van der Waals surface area contributed by atoms with Crippen LogP contribution in [-0.2, 0) is 14.8 Å². The van der Waals surface area contributed by atoms with Gasteiger partial charge in [-0.15, -0.1) is 0 Å². The number of halogens is 2. The molecule has 1 aromatic rings. The summed E-state index contributed by atoms with van der Waals surface area (Å²) in [5, 5.41) is 0. The molecule has 0 radical (unpaired) electrons. The molecule has 0 aliphatic heterocycles. The molecule has 5 nitrogen and oxygen atoms in total. The number of rotatable bonds is 4. The van der Waals surface area contributed by atoms with Crippen molar-refractivity contribution in [2.75, 3.05) is 6.54 Å². The highest BCUT2D eigenvalue weighted by molar-refractivity contribution is 9.11. The number of amides is 1. The molecule has 0 atom stereocenters. The number of primary amides is 1. The lowest BCUT2D eigenvalue weighted by molar-refractivity contribution is -0.116. The molecule has 0 unspecified atom stereocenters. The molecule has 1 rings (SSSR count). The highest BCUT2D eigenvalue weighted by Crippen LogP contribution is 2.25. The number of nitrogens with two attached hydrogens (primary N) is 1. The second kappa shape index (κ2) is 5.26. The van der Waals surface area contributed by atoms with E-state index >= 15 is 0 Å². The normalized spacial score (nSPS) is 11.4. The summed E-state index contributed by atoms with van der Waals surface area (Å²) in [4.78, 5) is 10.5. The quantitative estimate of drug-likeness (QED) is 0.826. The Bertz CT molecular complexity index is 516. The maximum atomic E-state index is 11.7. The van der Waals surface area contributed by atoms with Gasteiger partial charge in [0.2, 0.25) is 15.9 Å². The van der Waals surface area contributed by atoms with E-state index in [1.807, 2.05) is 0 Å². The minimum Gasteiger partial charge on any atom is -0.369 e. The van der Waals surface area contributed by atoms with Crippen molar-refractivity contribution < 1.29 is 13.2 Å². The fourth-order valence-electron chi connectivity index (χ4n) is 0.937. The van der Waals surface area contributed by atoms with Gasteiger partial charge in [0.05, 0.1) is 11.4 Å². The van der Waals surface area contributed by atoms with Crippen LogP contribution in [0.1, 0.15) is 0 Å². The molecule has 0 spiro atoms. The van der Waals surface area contributed by atoms with Crippen LogP contribution in [0.5, 0.6) is 0 Å². The Balaban J connectivity index is 3.03. The van der Waals surface area contributed by atoms with Crippen LogP contribution in [0.2, 0.25) is 0 Å². The van der Waals surface area contributed by atoms with E-state index in [1.165, 1.54) is 6.07 Å². The van der Waals surface area contributed by atoms with Gasteiger partial charge in [0, 0.05) is 8.95 Å². The van der Waals surface area contributed by atoms with Gasteiger partial charge in [0.15, 0.2) is 0 Å². The molecule has 0 fully saturated rings. The number of hydrogen-bond acceptors (Lipinski definition) is 3. The average Bonchev–Trinajstić information content (AvgIpc) is 2.14. The first-order valence-electron chi connectivity index (χ1n) is 4.06. The van der Waals surface area contributed by atoms with Crippen molar-refractivity contribution in [3.63, 3.8) is 0 Å². The van der Waals surface area contributed by atoms with Crippen molar-refractivity contribution in [3.05, 3.63) is 27.1 Å². The Morgan fingerprint density at radius 1 is 1.38 bits per heavy atom. The standard InChI is InChI=1S/C8H8Br2N2O3S/c9-5-1-2-7(6(10)3-5)16(14,15)12-4-8(11)13/h1-3,12H,4H2,(H2,11,13). The predicted molar refractivity (Wildman–Crippen MR) is 66.2 cm³/mol. The molecular formula is C8H8Br2N2O3S. The maximum absolute atomic E-state index is 11.7. The van der Waals surface area contributed by atoms with Crippen molar-refractivity contribution in [2.24, 2.45) is 5.73 Å². The average molecular weight is 372 g/mol. The highest BCUT2D eigenvalue weighted by atomic mass is 79.9. The number of carbonyl (C=O) groups excluding carboxylic acids is 1. The monoisotopic (exact) mass is 370 g/mol. The van der Waals surface area contributed by atoms with Crippen molar-refractivity contribution in [2.45, 2.75) is 4.90 Å². The molecule has 88 valence electrons. The third kappa shape index (κ3) is 3.55. The molecule has 0 heterocycles. The topological polar surface area (TPSA) is 89.3 Å². The van der Waals surface area contributed by atoms with E-state index in [-0.39, 0.29) is 4.90 Å². The highest BCUT2D eigenvalue weighted by Gasteiger charge is 2.17. The van der Waals surface area contributed by atoms with E-state index in [9.17, 15) is 13.2 Å². The van der Waals surface area contributed by atoms with E-state index in [4.69, 9.17) is 5.73 Å². The summed E-state index contributed by atoms with van der Waals surface area (Å²) in [7, 11) is -3.72. The number of benzene rings is 1. The van der Waals surface area contributed by atoms with E-state index in [0.29, 0.717) is 4.47 Å². The molecule has 1 amide bonds.